The molecular formula is C18H35NO2Si2. The first-order valence-electron chi connectivity index (χ1n) is 8.73. The number of nitrogens with zero attached hydrogens (tertiary/aromatic N) is 1. The SMILES string of the molecule is CCO[Si](C)(CN(c1ccccc1)C(C)(C)C)OC(C)[SiH](C)C. The third-order valence-corrected chi connectivity index (χ3v) is 9.09. The van der Waals surface area contributed by atoms with Crippen LogP contribution in [0.15, 0.2) is 30.3 Å². The van der Waals surface area contributed by atoms with Crippen molar-refractivity contribution in [3.05, 3.63) is 30.3 Å². The van der Waals surface area contributed by atoms with Gasteiger partial charge in [-0.15, -0.1) is 0 Å². The summed E-state index contributed by atoms with van der Waals surface area (Å²) in [7, 11) is -3.11. The molecule has 0 aliphatic heterocycles. The van der Waals surface area contributed by atoms with Gasteiger partial charge in [0.15, 0.2) is 0 Å². The van der Waals surface area contributed by atoms with Crippen molar-refractivity contribution in [3.8, 4) is 0 Å². The highest BCUT2D eigenvalue weighted by Crippen LogP contribution is 2.27. The Morgan fingerprint density at radius 3 is 2.17 bits per heavy atom. The molecule has 0 aromatic heterocycles. The molecule has 5 heteroatoms. The zero-order valence-electron chi connectivity index (χ0n) is 16.2. The van der Waals surface area contributed by atoms with Crippen LogP contribution in [0.2, 0.25) is 19.6 Å². The van der Waals surface area contributed by atoms with E-state index in [0.29, 0.717) is 12.3 Å². The summed E-state index contributed by atoms with van der Waals surface area (Å²) in [5, 5.41) is 0. The van der Waals surface area contributed by atoms with Crippen LogP contribution in [0.25, 0.3) is 0 Å². The molecule has 1 aromatic rings. The van der Waals surface area contributed by atoms with E-state index in [1.165, 1.54) is 5.69 Å². The molecular weight excluding hydrogens is 318 g/mol. The van der Waals surface area contributed by atoms with Crippen molar-refractivity contribution in [1.82, 2.24) is 0 Å². The van der Waals surface area contributed by atoms with Gasteiger partial charge < -0.3 is 13.8 Å². The lowest BCUT2D eigenvalue weighted by molar-refractivity contribution is 0.167. The van der Waals surface area contributed by atoms with Crippen LogP contribution in [0.4, 0.5) is 5.69 Å². The Labute approximate surface area is 145 Å². The lowest BCUT2D eigenvalue weighted by atomic mass is 10.1. The van der Waals surface area contributed by atoms with E-state index in [4.69, 9.17) is 8.85 Å². The lowest BCUT2D eigenvalue weighted by Gasteiger charge is -2.43. The third-order valence-electron chi connectivity index (χ3n) is 4.15. The van der Waals surface area contributed by atoms with E-state index < -0.39 is 17.4 Å². The van der Waals surface area contributed by atoms with Crippen LogP contribution < -0.4 is 4.90 Å². The van der Waals surface area contributed by atoms with Gasteiger partial charge in [0.25, 0.3) is 0 Å². The van der Waals surface area contributed by atoms with E-state index in [-0.39, 0.29) is 5.54 Å². The minimum Gasteiger partial charge on any atom is -0.394 e. The second kappa shape index (κ2) is 8.47. The fraction of sp³-hybridized carbons (Fsp3) is 0.667. The lowest BCUT2D eigenvalue weighted by Crippen LogP contribution is -2.57. The smallest absolute Gasteiger partial charge is 0.354 e. The maximum absolute atomic E-state index is 6.52. The van der Waals surface area contributed by atoms with Gasteiger partial charge in [0.1, 0.15) is 0 Å². The zero-order chi connectivity index (χ0) is 17.7. The Hall–Kier alpha value is -0.626. The van der Waals surface area contributed by atoms with Crippen LogP contribution in [-0.2, 0) is 8.85 Å². The molecule has 0 saturated carbocycles. The molecule has 0 aliphatic rings. The summed E-state index contributed by atoms with van der Waals surface area (Å²) in [5.74, 6) is 0. The molecule has 0 N–H and O–H groups in total. The summed E-state index contributed by atoms with van der Waals surface area (Å²) in [6.45, 7) is 18.6. The zero-order valence-corrected chi connectivity index (χ0v) is 18.4. The fourth-order valence-electron chi connectivity index (χ4n) is 2.56. The Kier molecular flexibility index (Phi) is 7.52. The normalized spacial score (nSPS) is 16.2. The number of hydrogen-bond acceptors (Lipinski definition) is 3. The van der Waals surface area contributed by atoms with E-state index in [9.17, 15) is 0 Å². The van der Waals surface area contributed by atoms with Crippen LogP contribution in [0.1, 0.15) is 34.6 Å². The summed E-state index contributed by atoms with van der Waals surface area (Å²) in [6, 6.07) is 10.6. The monoisotopic (exact) mass is 353 g/mol. The van der Waals surface area contributed by atoms with E-state index in [2.05, 4.69) is 89.5 Å². The molecule has 3 nitrogen and oxygen atoms in total. The first kappa shape index (κ1) is 20.4. The van der Waals surface area contributed by atoms with Crippen molar-refractivity contribution in [2.75, 3.05) is 17.7 Å². The van der Waals surface area contributed by atoms with Crippen molar-refractivity contribution in [2.45, 2.75) is 65.5 Å². The molecule has 0 spiro atoms. The molecule has 0 amide bonds. The Morgan fingerprint density at radius 2 is 1.74 bits per heavy atom. The van der Waals surface area contributed by atoms with Gasteiger partial charge in [-0.2, -0.15) is 0 Å². The van der Waals surface area contributed by atoms with Crippen LogP contribution in [-0.4, -0.2) is 41.4 Å². The van der Waals surface area contributed by atoms with E-state index in [1.807, 2.05) is 0 Å². The molecule has 0 heterocycles. The van der Waals surface area contributed by atoms with Gasteiger partial charge in [-0.25, -0.2) is 0 Å². The maximum Gasteiger partial charge on any atom is 0.354 e. The summed E-state index contributed by atoms with van der Waals surface area (Å²) >= 11 is 0. The molecule has 2 unspecified atom stereocenters. The van der Waals surface area contributed by atoms with Gasteiger partial charge in [0.2, 0.25) is 0 Å². The summed E-state index contributed by atoms with van der Waals surface area (Å²) in [6.07, 6.45) is 0.847. The van der Waals surface area contributed by atoms with Gasteiger partial charge in [0, 0.05) is 23.6 Å². The molecule has 0 fully saturated rings. The van der Waals surface area contributed by atoms with E-state index in [1.54, 1.807) is 0 Å². The standard InChI is InChI=1S/C18H35NO2Si2/c1-9-20-23(8,21-16(2)22(6)7)15-19(18(3,4)5)17-13-11-10-12-14-17/h10-14,16,22H,9,15H2,1-8H3. The van der Waals surface area contributed by atoms with Gasteiger partial charge in [-0.1, -0.05) is 31.3 Å². The first-order valence-corrected chi connectivity index (χ1v) is 14.2. The molecule has 0 radical (unpaired) electrons. The van der Waals surface area contributed by atoms with Crippen LogP contribution >= 0.6 is 0 Å². The molecule has 0 bridgehead atoms. The van der Waals surface area contributed by atoms with Crippen molar-refractivity contribution in [1.29, 1.82) is 0 Å². The molecule has 1 rings (SSSR count). The third kappa shape index (κ3) is 6.41. The van der Waals surface area contributed by atoms with Gasteiger partial charge in [-0.3, -0.25) is 0 Å². The summed E-state index contributed by atoms with van der Waals surface area (Å²) in [5.41, 5.74) is 1.60. The van der Waals surface area contributed by atoms with E-state index >= 15 is 0 Å². The number of para-hydroxylation sites is 1. The average Bonchev–Trinajstić information content (AvgIpc) is 2.44. The second-order valence-corrected chi connectivity index (χ2v) is 14.3. The van der Waals surface area contributed by atoms with E-state index in [0.717, 1.165) is 6.17 Å². The van der Waals surface area contributed by atoms with Crippen molar-refractivity contribution in [3.63, 3.8) is 0 Å². The number of benzene rings is 1. The Bertz CT molecular complexity index is 462. The Morgan fingerprint density at radius 1 is 1.17 bits per heavy atom. The minimum absolute atomic E-state index is 0.0224. The number of anilines is 1. The molecule has 132 valence electrons. The van der Waals surface area contributed by atoms with Crippen LogP contribution in [0.3, 0.4) is 0 Å². The Balaban J connectivity index is 3.06. The maximum atomic E-state index is 6.52. The average molecular weight is 354 g/mol. The highest BCUT2D eigenvalue weighted by molar-refractivity contribution is 6.68. The largest absolute Gasteiger partial charge is 0.394 e. The first-order chi connectivity index (χ1) is 10.6. The molecule has 0 saturated heterocycles. The predicted molar refractivity (Wildman–Crippen MR) is 106 cm³/mol. The van der Waals surface area contributed by atoms with Crippen LogP contribution in [0, 0.1) is 0 Å². The topological polar surface area (TPSA) is 21.7 Å². The van der Waals surface area contributed by atoms with Crippen molar-refractivity contribution >= 4 is 23.0 Å². The highest BCUT2D eigenvalue weighted by Gasteiger charge is 2.39. The van der Waals surface area contributed by atoms with Gasteiger partial charge in [-0.05, 0) is 53.3 Å². The number of hydrogen-bond donors (Lipinski definition) is 0. The van der Waals surface area contributed by atoms with Crippen molar-refractivity contribution in [2.24, 2.45) is 0 Å². The van der Waals surface area contributed by atoms with Gasteiger partial charge in [0.05, 0.1) is 15.0 Å². The highest BCUT2D eigenvalue weighted by atomic mass is 28.4. The molecule has 23 heavy (non-hydrogen) atoms. The second-order valence-electron chi connectivity index (χ2n) is 7.73. The molecule has 1 aromatic carbocycles. The summed E-state index contributed by atoms with van der Waals surface area (Å²) < 4.78 is 12.7. The molecule has 0 aliphatic carbocycles. The quantitative estimate of drug-likeness (QED) is 0.648. The fourth-order valence-corrected chi connectivity index (χ4v) is 7.38. The number of rotatable bonds is 8. The van der Waals surface area contributed by atoms with Gasteiger partial charge >= 0.3 is 8.56 Å². The summed E-state index contributed by atoms with van der Waals surface area (Å²) in [4.78, 5) is 2.43. The minimum atomic E-state index is -2.27. The van der Waals surface area contributed by atoms with Crippen molar-refractivity contribution < 1.29 is 8.85 Å². The predicted octanol–water partition coefficient (Wildman–Crippen LogP) is 4.37. The van der Waals surface area contributed by atoms with Crippen LogP contribution in [0.5, 0.6) is 0 Å². The molecule has 2 atom stereocenters.